The number of allylic oxidation sites excluding steroid dienone is 2. The Hall–Kier alpha value is -4.26. The van der Waals surface area contributed by atoms with Crippen molar-refractivity contribution in [3.63, 3.8) is 0 Å². The minimum atomic E-state index is -0.528. The summed E-state index contributed by atoms with van der Waals surface area (Å²) in [4.78, 5) is 14.9. The van der Waals surface area contributed by atoms with Gasteiger partial charge in [0.25, 0.3) is 0 Å². The molecular weight excluding hydrogens is 474 g/mol. The van der Waals surface area contributed by atoms with Crippen molar-refractivity contribution in [3.05, 3.63) is 108 Å². The summed E-state index contributed by atoms with van der Waals surface area (Å²) in [5, 5.41) is 11.3. The molecule has 3 aliphatic rings. The number of alkyl carbamates (subject to hydrolysis) is 1. The van der Waals surface area contributed by atoms with Crippen molar-refractivity contribution in [2.45, 2.75) is 57.3 Å². The van der Waals surface area contributed by atoms with Gasteiger partial charge in [-0.2, -0.15) is 5.10 Å². The van der Waals surface area contributed by atoms with E-state index in [-0.39, 0.29) is 17.8 Å². The molecule has 1 amide bonds. The molecule has 1 unspecified atom stereocenters. The van der Waals surface area contributed by atoms with Gasteiger partial charge in [0.15, 0.2) is 0 Å². The SMILES string of the molecule is CC(C)(C)OC(=O)NC1(c2ccc(C3=C(c4ccccc4)N4C=C(n5cccn5)C=CC4N3)cc2)CCC1. The summed E-state index contributed by atoms with van der Waals surface area (Å²) in [5.74, 6) is 0. The van der Waals surface area contributed by atoms with Gasteiger partial charge in [0.2, 0.25) is 0 Å². The highest BCUT2D eigenvalue weighted by atomic mass is 16.6. The third-order valence-corrected chi connectivity index (χ3v) is 7.30. The number of hydrogen-bond donors (Lipinski definition) is 2. The molecular formula is C31H33N5O2. The van der Waals surface area contributed by atoms with Crippen LogP contribution in [-0.2, 0) is 10.3 Å². The Balaban J connectivity index is 1.34. The van der Waals surface area contributed by atoms with Gasteiger partial charge in [-0.15, -0.1) is 0 Å². The van der Waals surface area contributed by atoms with Crippen molar-refractivity contribution < 1.29 is 9.53 Å². The first kappa shape index (κ1) is 24.1. The van der Waals surface area contributed by atoms with Crippen molar-refractivity contribution in [1.82, 2.24) is 25.3 Å². The van der Waals surface area contributed by atoms with E-state index in [0.717, 1.165) is 53.0 Å². The molecule has 3 heterocycles. The molecule has 1 atom stereocenters. The first-order valence-electron chi connectivity index (χ1n) is 13.2. The Kier molecular flexibility index (Phi) is 5.86. The molecule has 1 saturated carbocycles. The second-order valence-corrected chi connectivity index (χ2v) is 11.1. The van der Waals surface area contributed by atoms with E-state index in [1.807, 2.05) is 43.8 Å². The van der Waals surface area contributed by atoms with Gasteiger partial charge < -0.3 is 20.3 Å². The fraction of sp³-hybridized carbons (Fsp3) is 0.290. The number of amides is 1. The van der Waals surface area contributed by atoms with Crippen LogP contribution >= 0.6 is 0 Å². The third-order valence-electron chi connectivity index (χ3n) is 7.30. The van der Waals surface area contributed by atoms with Gasteiger partial charge in [0, 0.05) is 24.2 Å². The highest BCUT2D eigenvalue weighted by molar-refractivity contribution is 5.93. The maximum atomic E-state index is 12.6. The van der Waals surface area contributed by atoms with E-state index in [4.69, 9.17) is 4.74 Å². The normalized spacial score (nSPS) is 19.8. The monoisotopic (exact) mass is 507 g/mol. The Morgan fingerprint density at radius 1 is 1.05 bits per heavy atom. The zero-order valence-electron chi connectivity index (χ0n) is 22.0. The molecule has 3 aromatic rings. The molecule has 7 heteroatoms. The van der Waals surface area contributed by atoms with Crippen LogP contribution in [0.1, 0.15) is 56.7 Å². The lowest BCUT2D eigenvalue weighted by molar-refractivity contribution is 0.0377. The summed E-state index contributed by atoms with van der Waals surface area (Å²) in [6, 6.07) is 21.0. The first-order valence-corrected chi connectivity index (χ1v) is 13.2. The zero-order chi connectivity index (χ0) is 26.3. The van der Waals surface area contributed by atoms with Gasteiger partial charge in [-0.25, -0.2) is 9.48 Å². The molecule has 2 N–H and O–H groups in total. The average molecular weight is 508 g/mol. The molecule has 6 rings (SSSR count). The van der Waals surface area contributed by atoms with Crippen LogP contribution < -0.4 is 10.6 Å². The van der Waals surface area contributed by atoms with Gasteiger partial charge in [-0.05, 0) is 69.4 Å². The van der Waals surface area contributed by atoms with Crippen LogP contribution in [-0.4, -0.2) is 32.5 Å². The topological polar surface area (TPSA) is 71.4 Å². The van der Waals surface area contributed by atoms with Crippen LogP contribution in [0.25, 0.3) is 17.1 Å². The van der Waals surface area contributed by atoms with Crippen LogP contribution in [0.3, 0.4) is 0 Å². The Morgan fingerprint density at radius 2 is 1.82 bits per heavy atom. The molecule has 194 valence electrons. The summed E-state index contributed by atoms with van der Waals surface area (Å²) in [7, 11) is 0. The number of benzene rings is 2. The quantitative estimate of drug-likeness (QED) is 0.449. The van der Waals surface area contributed by atoms with E-state index < -0.39 is 5.60 Å². The largest absolute Gasteiger partial charge is 0.444 e. The summed E-state index contributed by atoms with van der Waals surface area (Å²) >= 11 is 0. The summed E-state index contributed by atoms with van der Waals surface area (Å²) in [5.41, 5.74) is 5.61. The maximum absolute atomic E-state index is 12.6. The minimum Gasteiger partial charge on any atom is -0.444 e. The summed E-state index contributed by atoms with van der Waals surface area (Å²) in [6.07, 6.45) is 12.7. The van der Waals surface area contributed by atoms with E-state index in [1.54, 1.807) is 6.20 Å². The standard InChI is InChI=1S/C31H33N5O2/c1-30(2,3)38-29(37)34-31(17-7-18-31)24-13-11-22(12-14-24)27-28(23-9-5-4-6-10-23)35-21-25(15-16-26(35)33-27)36-20-8-19-32-36/h4-6,8-16,19-21,26,33H,7,17-18H2,1-3H3,(H,34,37). The van der Waals surface area contributed by atoms with Gasteiger partial charge >= 0.3 is 6.09 Å². The fourth-order valence-corrected chi connectivity index (χ4v) is 5.35. The maximum Gasteiger partial charge on any atom is 0.408 e. The fourth-order valence-electron chi connectivity index (χ4n) is 5.35. The highest BCUT2D eigenvalue weighted by Gasteiger charge is 2.41. The summed E-state index contributed by atoms with van der Waals surface area (Å²) in [6.45, 7) is 5.66. The van der Waals surface area contributed by atoms with E-state index in [9.17, 15) is 4.79 Å². The number of hydrogen-bond acceptors (Lipinski definition) is 5. The molecule has 1 aromatic heterocycles. The Morgan fingerprint density at radius 3 is 2.45 bits per heavy atom. The van der Waals surface area contributed by atoms with Crippen molar-refractivity contribution in [2.75, 3.05) is 0 Å². The first-order chi connectivity index (χ1) is 18.3. The molecule has 2 aliphatic heterocycles. The molecule has 0 spiro atoms. The molecule has 7 nitrogen and oxygen atoms in total. The van der Waals surface area contributed by atoms with Gasteiger partial charge in [0.1, 0.15) is 11.8 Å². The molecule has 0 radical (unpaired) electrons. The Bertz CT molecular complexity index is 1410. The van der Waals surface area contributed by atoms with Crippen LogP contribution in [0.4, 0.5) is 4.79 Å². The van der Waals surface area contributed by atoms with Crippen LogP contribution in [0.2, 0.25) is 0 Å². The van der Waals surface area contributed by atoms with Gasteiger partial charge in [0.05, 0.1) is 22.6 Å². The number of nitrogens with one attached hydrogen (secondary N) is 2. The van der Waals surface area contributed by atoms with Gasteiger partial charge in [-0.3, -0.25) is 0 Å². The third kappa shape index (κ3) is 4.49. The Labute approximate surface area is 223 Å². The van der Waals surface area contributed by atoms with Crippen LogP contribution in [0, 0.1) is 0 Å². The number of rotatable bonds is 5. The predicted octanol–water partition coefficient (Wildman–Crippen LogP) is 5.91. The number of carbonyl (C=O) groups is 1. The van der Waals surface area contributed by atoms with Crippen molar-refractivity contribution in [2.24, 2.45) is 0 Å². The van der Waals surface area contributed by atoms with Crippen molar-refractivity contribution in [3.8, 4) is 0 Å². The molecule has 2 aromatic carbocycles. The van der Waals surface area contributed by atoms with Crippen LogP contribution in [0.5, 0.6) is 0 Å². The minimum absolute atomic E-state index is 0.00556. The van der Waals surface area contributed by atoms with E-state index in [0.29, 0.717) is 0 Å². The lowest BCUT2D eigenvalue weighted by atomic mass is 9.71. The number of aromatic nitrogens is 2. The number of ether oxygens (including phenoxy) is 1. The smallest absolute Gasteiger partial charge is 0.408 e. The average Bonchev–Trinajstić information content (AvgIpc) is 3.54. The highest BCUT2D eigenvalue weighted by Crippen LogP contribution is 2.43. The van der Waals surface area contributed by atoms with Gasteiger partial charge in [-0.1, -0.05) is 54.6 Å². The van der Waals surface area contributed by atoms with Crippen molar-refractivity contribution >= 4 is 23.2 Å². The zero-order valence-corrected chi connectivity index (χ0v) is 22.0. The van der Waals surface area contributed by atoms with E-state index >= 15 is 0 Å². The number of nitrogens with zero attached hydrogens (tertiary/aromatic N) is 3. The van der Waals surface area contributed by atoms with E-state index in [1.165, 1.54) is 0 Å². The molecule has 38 heavy (non-hydrogen) atoms. The van der Waals surface area contributed by atoms with Crippen molar-refractivity contribution in [1.29, 1.82) is 0 Å². The second-order valence-electron chi connectivity index (χ2n) is 11.1. The molecule has 0 saturated heterocycles. The summed E-state index contributed by atoms with van der Waals surface area (Å²) < 4.78 is 7.43. The molecule has 1 fully saturated rings. The number of carbonyl (C=O) groups excluding carboxylic acids is 1. The lowest BCUT2D eigenvalue weighted by Gasteiger charge is -2.43. The molecule has 0 bridgehead atoms. The molecule has 1 aliphatic carbocycles. The van der Waals surface area contributed by atoms with E-state index in [2.05, 4.69) is 87.5 Å². The predicted molar refractivity (Wildman–Crippen MR) is 149 cm³/mol. The second kappa shape index (κ2) is 9.24. The lowest BCUT2D eigenvalue weighted by Crippen LogP contribution is -2.52. The van der Waals surface area contributed by atoms with Crippen LogP contribution in [0.15, 0.2) is 91.4 Å². The number of fused-ring (bicyclic) bond motifs is 1.